The fourth-order valence-electron chi connectivity index (χ4n) is 2.25. The number of esters is 1. The van der Waals surface area contributed by atoms with E-state index in [9.17, 15) is 25.0 Å². The van der Waals surface area contributed by atoms with Gasteiger partial charge in [-0.2, -0.15) is 0 Å². The summed E-state index contributed by atoms with van der Waals surface area (Å²) in [5.41, 5.74) is 5.22. The first-order valence-corrected chi connectivity index (χ1v) is 6.85. The van der Waals surface area contributed by atoms with Crippen LogP contribution in [-0.4, -0.2) is 22.4 Å². The van der Waals surface area contributed by atoms with E-state index in [-0.39, 0.29) is 29.0 Å². The number of hydrogen-bond donors (Lipinski definition) is 1. The minimum Gasteiger partial charge on any atom is -0.462 e. The maximum Gasteiger partial charge on any atom is 0.338 e. The third-order valence-corrected chi connectivity index (χ3v) is 3.25. The summed E-state index contributed by atoms with van der Waals surface area (Å²) in [5, 5.41) is 22.1. The standard InChI is InChI=1S/C15H13N3O6/c1-2-24-15(19)11-4-3-5-12(16)14(11)10-7-6-9(17(20)21)8-13(10)18(22)23/h3-8H,2,16H2,1H3. The summed E-state index contributed by atoms with van der Waals surface area (Å²) in [4.78, 5) is 32.7. The van der Waals surface area contributed by atoms with Crippen LogP contribution < -0.4 is 5.73 Å². The molecule has 2 aromatic rings. The fourth-order valence-corrected chi connectivity index (χ4v) is 2.25. The first kappa shape index (κ1) is 16.9. The van der Waals surface area contributed by atoms with Crippen molar-refractivity contribution in [3.63, 3.8) is 0 Å². The number of nitro benzene ring substituents is 2. The van der Waals surface area contributed by atoms with Gasteiger partial charge in [0.25, 0.3) is 11.4 Å². The lowest BCUT2D eigenvalue weighted by atomic mass is 9.96. The monoisotopic (exact) mass is 331 g/mol. The van der Waals surface area contributed by atoms with E-state index in [1.54, 1.807) is 6.92 Å². The molecule has 0 unspecified atom stereocenters. The zero-order valence-corrected chi connectivity index (χ0v) is 12.6. The minimum absolute atomic E-state index is 0.00625. The SMILES string of the molecule is CCOC(=O)c1cccc(N)c1-c1ccc([N+](=O)[O-])cc1[N+](=O)[O-]. The number of non-ortho nitro benzene ring substituents is 1. The van der Waals surface area contributed by atoms with Crippen molar-refractivity contribution in [1.29, 1.82) is 0 Å². The predicted octanol–water partition coefficient (Wildman–Crippen LogP) is 2.93. The molecule has 0 saturated carbocycles. The highest BCUT2D eigenvalue weighted by Crippen LogP contribution is 2.38. The Bertz CT molecular complexity index is 834. The first-order valence-electron chi connectivity index (χ1n) is 6.85. The highest BCUT2D eigenvalue weighted by molar-refractivity contribution is 6.02. The molecule has 24 heavy (non-hydrogen) atoms. The van der Waals surface area contributed by atoms with Crippen LogP contribution in [0.5, 0.6) is 0 Å². The van der Waals surface area contributed by atoms with E-state index < -0.39 is 27.2 Å². The molecule has 0 aliphatic rings. The van der Waals surface area contributed by atoms with Crippen molar-refractivity contribution in [2.75, 3.05) is 12.3 Å². The lowest BCUT2D eigenvalue weighted by Crippen LogP contribution is -2.09. The number of rotatable bonds is 5. The Kier molecular flexibility index (Phi) is 4.73. The van der Waals surface area contributed by atoms with Gasteiger partial charge in [-0.3, -0.25) is 20.2 Å². The van der Waals surface area contributed by atoms with Gasteiger partial charge in [0, 0.05) is 17.3 Å². The lowest BCUT2D eigenvalue weighted by molar-refractivity contribution is -0.393. The average molecular weight is 331 g/mol. The van der Waals surface area contributed by atoms with E-state index in [4.69, 9.17) is 10.5 Å². The molecule has 0 saturated heterocycles. The van der Waals surface area contributed by atoms with Crippen LogP contribution in [0, 0.1) is 20.2 Å². The molecule has 0 bridgehead atoms. The summed E-state index contributed by atoms with van der Waals surface area (Å²) in [7, 11) is 0. The van der Waals surface area contributed by atoms with Crippen LogP contribution in [0.4, 0.5) is 17.1 Å². The number of anilines is 1. The molecular formula is C15H13N3O6. The molecule has 9 heteroatoms. The topological polar surface area (TPSA) is 139 Å². The smallest absolute Gasteiger partial charge is 0.338 e. The number of ether oxygens (including phenoxy) is 1. The Morgan fingerprint density at radius 3 is 2.46 bits per heavy atom. The zero-order valence-electron chi connectivity index (χ0n) is 12.6. The van der Waals surface area contributed by atoms with E-state index in [1.165, 1.54) is 24.3 Å². The van der Waals surface area contributed by atoms with Gasteiger partial charge in [-0.1, -0.05) is 6.07 Å². The summed E-state index contributed by atoms with van der Waals surface area (Å²) < 4.78 is 4.93. The van der Waals surface area contributed by atoms with Crippen LogP contribution in [0.1, 0.15) is 17.3 Å². The molecule has 9 nitrogen and oxygen atoms in total. The van der Waals surface area contributed by atoms with Crippen LogP contribution in [0.25, 0.3) is 11.1 Å². The minimum atomic E-state index is -0.760. The van der Waals surface area contributed by atoms with E-state index in [1.807, 2.05) is 0 Å². The molecular weight excluding hydrogens is 318 g/mol. The van der Waals surface area contributed by atoms with E-state index in [0.29, 0.717) is 0 Å². The summed E-state index contributed by atoms with van der Waals surface area (Å²) >= 11 is 0. The van der Waals surface area contributed by atoms with Gasteiger partial charge in [-0.15, -0.1) is 0 Å². The van der Waals surface area contributed by atoms with Gasteiger partial charge in [0.05, 0.1) is 33.6 Å². The first-order chi connectivity index (χ1) is 11.4. The highest BCUT2D eigenvalue weighted by atomic mass is 16.6. The maximum atomic E-state index is 12.1. The summed E-state index contributed by atoms with van der Waals surface area (Å²) in [6.07, 6.45) is 0. The predicted molar refractivity (Wildman–Crippen MR) is 85.6 cm³/mol. The molecule has 0 radical (unpaired) electrons. The molecule has 0 amide bonds. The molecule has 124 valence electrons. The number of nitro groups is 2. The number of nitrogen functional groups attached to an aromatic ring is 1. The Balaban J connectivity index is 2.74. The fraction of sp³-hybridized carbons (Fsp3) is 0.133. The van der Waals surface area contributed by atoms with Gasteiger partial charge in [-0.05, 0) is 25.1 Å². The number of carbonyl (C=O) groups excluding carboxylic acids is 1. The van der Waals surface area contributed by atoms with Gasteiger partial charge < -0.3 is 10.5 Å². The molecule has 2 aromatic carbocycles. The normalized spacial score (nSPS) is 10.2. The number of hydrogen-bond acceptors (Lipinski definition) is 7. The second kappa shape index (κ2) is 6.73. The second-order valence-electron chi connectivity index (χ2n) is 4.71. The quantitative estimate of drug-likeness (QED) is 0.384. The Labute approximate surface area is 136 Å². The van der Waals surface area contributed by atoms with E-state index in [0.717, 1.165) is 12.1 Å². The highest BCUT2D eigenvalue weighted by Gasteiger charge is 2.25. The van der Waals surface area contributed by atoms with Crippen molar-refractivity contribution < 1.29 is 19.4 Å². The summed E-state index contributed by atoms with van der Waals surface area (Å²) in [6, 6.07) is 7.56. The third kappa shape index (κ3) is 3.14. The maximum absolute atomic E-state index is 12.1. The van der Waals surface area contributed by atoms with Crippen molar-refractivity contribution in [3.8, 4) is 11.1 Å². The van der Waals surface area contributed by atoms with Crippen LogP contribution in [0.2, 0.25) is 0 Å². The average Bonchev–Trinajstić information content (AvgIpc) is 2.54. The van der Waals surface area contributed by atoms with Gasteiger partial charge in [0.2, 0.25) is 0 Å². The Hall–Kier alpha value is -3.49. The number of benzene rings is 2. The number of nitrogens with two attached hydrogens (primary N) is 1. The molecule has 0 atom stereocenters. The van der Waals surface area contributed by atoms with Gasteiger partial charge in [-0.25, -0.2) is 4.79 Å². The van der Waals surface area contributed by atoms with Crippen molar-refractivity contribution in [3.05, 3.63) is 62.2 Å². The van der Waals surface area contributed by atoms with Gasteiger partial charge in [0.15, 0.2) is 0 Å². The Morgan fingerprint density at radius 1 is 1.17 bits per heavy atom. The van der Waals surface area contributed by atoms with Gasteiger partial charge in [0.1, 0.15) is 0 Å². The molecule has 0 aromatic heterocycles. The summed E-state index contributed by atoms with van der Waals surface area (Å²) in [5.74, 6) is -0.688. The molecule has 2 rings (SSSR count). The molecule has 2 N–H and O–H groups in total. The Morgan fingerprint density at radius 2 is 1.88 bits per heavy atom. The molecule has 0 fully saturated rings. The van der Waals surface area contributed by atoms with E-state index >= 15 is 0 Å². The molecule has 0 heterocycles. The lowest BCUT2D eigenvalue weighted by Gasteiger charge is -2.12. The van der Waals surface area contributed by atoms with Crippen molar-refractivity contribution >= 4 is 23.0 Å². The largest absolute Gasteiger partial charge is 0.462 e. The van der Waals surface area contributed by atoms with Gasteiger partial charge >= 0.3 is 5.97 Å². The summed E-state index contributed by atoms with van der Waals surface area (Å²) in [6.45, 7) is 1.74. The molecule has 0 spiro atoms. The molecule has 0 aliphatic carbocycles. The number of nitrogens with zero attached hydrogens (tertiary/aromatic N) is 2. The third-order valence-electron chi connectivity index (χ3n) is 3.25. The van der Waals surface area contributed by atoms with Crippen LogP contribution in [0.15, 0.2) is 36.4 Å². The molecule has 0 aliphatic heterocycles. The van der Waals surface area contributed by atoms with Crippen LogP contribution >= 0.6 is 0 Å². The zero-order chi connectivity index (χ0) is 17.9. The van der Waals surface area contributed by atoms with Crippen molar-refractivity contribution in [2.24, 2.45) is 0 Å². The second-order valence-corrected chi connectivity index (χ2v) is 4.71. The van der Waals surface area contributed by atoms with Crippen molar-refractivity contribution in [2.45, 2.75) is 6.92 Å². The van der Waals surface area contributed by atoms with Crippen LogP contribution in [-0.2, 0) is 4.74 Å². The number of carbonyl (C=O) groups is 1. The van der Waals surface area contributed by atoms with E-state index in [2.05, 4.69) is 0 Å². The van der Waals surface area contributed by atoms with Crippen LogP contribution in [0.3, 0.4) is 0 Å². The van der Waals surface area contributed by atoms with Crippen molar-refractivity contribution in [1.82, 2.24) is 0 Å².